The predicted molar refractivity (Wildman–Crippen MR) is 59.0 cm³/mol. The summed E-state index contributed by atoms with van der Waals surface area (Å²) < 4.78 is 6.02. The number of pyridine rings is 1. The van der Waals surface area contributed by atoms with E-state index in [1.807, 2.05) is 0 Å². The molecule has 2 N–H and O–H groups in total. The molecular weight excluding hydrogens is 232 g/mol. The number of carbonyl (C=O) groups excluding carboxylic acids is 1. The number of nitrogen functional groups attached to an aromatic ring is 1. The van der Waals surface area contributed by atoms with Gasteiger partial charge in [-0.25, -0.2) is 9.97 Å². The summed E-state index contributed by atoms with van der Waals surface area (Å²) in [5.41, 5.74) is 6.72. The van der Waals surface area contributed by atoms with Crippen molar-refractivity contribution in [1.82, 2.24) is 14.5 Å². The summed E-state index contributed by atoms with van der Waals surface area (Å²) in [6.07, 6.45) is 1.47. The molecule has 0 bridgehead atoms. The van der Waals surface area contributed by atoms with Gasteiger partial charge in [-0.3, -0.25) is 9.36 Å². The van der Waals surface area contributed by atoms with Crippen LogP contribution in [0, 0.1) is 0 Å². The molecular formula is C9H9ClN4O2. The number of carbonyl (C=O) groups is 1. The van der Waals surface area contributed by atoms with Gasteiger partial charge in [-0.15, -0.1) is 0 Å². The number of methoxy groups -OCH3 is 1. The molecule has 16 heavy (non-hydrogen) atoms. The van der Waals surface area contributed by atoms with Gasteiger partial charge in [0.1, 0.15) is 12.1 Å². The van der Waals surface area contributed by atoms with E-state index in [4.69, 9.17) is 17.3 Å². The minimum Gasteiger partial charge on any atom is -0.468 e. The van der Waals surface area contributed by atoms with E-state index in [0.717, 1.165) is 0 Å². The van der Waals surface area contributed by atoms with E-state index in [0.29, 0.717) is 16.2 Å². The lowest BCUT2D eigenvalue weighted by Crippen LogP contribution is -2.13. The Morgan fingerprint density at radius 3 is 3.12 bits per heavy atom. The van der Waals surface area contributed by atoms with Crippen molar-refractivity contribution in [2.45, 2.75) is 6.54 Å². The zero-order valence-electron chi connectivity index (χ0n) is 8.48. The van der Waals surface area contributed by atoms with E-state index in [2.05, 4.69) is 14.7 Å². The van der Waals surface area contributed by atoms with Gasteiger partial charge in [-0.1, -0.05) is 11.6 Å². The van der Waals surface area contributed by atoms with Crippen LogP contribution in [0.5, 0.6) is 0 Å². The summed E-state index contributed by atoms with van der Waals surface area (Å²) in [5.74, 6) is -0.210. The fraction of sp³-hybridized carbons (Fsp3) is 0.222. The third-order valence-electron chi connectivity index (χ3n) is 2.10. The Morgan fingerprint density at radius 2 is 2.44 bits per heavy atom. The van der Waals surface area contributed by atoms with Crippen LogP contribution in [-0.4, -0.2) is 27.6 Å². The maximum absolute atomic E-state index is 11.2. The Morgan fingerprint density at radius 1 is 1.69 bits per heavy atom. The molecule has 0 atom stereocenters. The Hall–Kier alpha value is -1.82. The highest BCUT2D eigenvalue weighted by molar-refractivity contribution is 6.31. The number of ether oxygens (including phenoxy) is 1. The SMILES string of the molecule is COC(=O)Cn1c(N)nc2cc(Cl)cnc21. The number of imidazole rings is 1. The normalized spacial score (nSPS) is 10.6. The van der Waals surface area contributed by atoms with Crippen LogP contribution in [0.4, 0.5) is 5.95 Å². The van der Waals surface area contributed by atoms with Crippen LogP contribution in [0.15, 0.2) is 12.3 Å². The third kappa shape index (κ3) is 1.79. The second-order valence-corrected chi connectivity index (χ2v) is 3.56. The topological polar surface area (TPSA) is 83.0 Å². The van der Waals surface area contributed by atoms with Gasteiger partial charge in [0.25, 0.3) is 0 Å². The number of hydrogen-bond donors (Lipinski definition) is 1. The molecule has 2 rings (SSSR count). The molecule has 2 heterocycles. The van der Waals surface area contributed by atoms with Crippen LogP contribution >= 0.6 is 11.6 Å². The number of aromatic nitrogens is 3. The molecule has 0 saturated heterocycles. The summed E-state index contributed by atoms with van der Waals surface area (Å²) in [4.78, 5) is 19.3. The van der Waals surface area contributed by atoms with E-state index in [1.165, 1.54) is 17.9 Å². The fourth-order valence-corrected chi connectivity index (χ4v) is 1.51. The number of rotatable bonds is 2. The molecule has 7 heteroatoms. The maximum atomic E-state index is 11.2. The average Bonchev–Trinajstić information content (AvgIpc) is 2.54. The molecule has 0 spiro atoms. The summed E-state index contributed by atoms with van der Waals surface area (Å²) in [6.45, 7) is -0.0204. The second kappa shape index (κ2) is 3.97. The van der Waals surface area contributed by atoms with E-state index in [-0.39, 0.29) is 12.5 Å². The first kappa shape index (κ1) is 10.7. The minimum atomic E-state index is -0.414. The molecule has 0 amide bonds. The Kier molecular flexibility index (Phi) is 2.66. The van der Waals surface area contributed by atoms with Gasteiger partial charge in [0, 0.05) is 6.20 Å². The highest BCUT2D eigenvalue weighted by Gasteiger charge is 2.12. The molecule has 2 aromatic heterocycles. The van der Waals surface area contributed by atoms with Crippen molar-refractivity contribution in [3.05, 3.63) is 17.3 Å². The van der Waals surface area contributed by atoms with Crippen LogP contribution in [-0.2, 0) is 16.1 Å². The third-order valence-corrected chi connectivity index (χ3v) is 2.30. The van der Waals surface area contributed by atoms with Crippen LogP contribution < -0.4 is 5.73 Å². The van der Waals surface area contributed by atoms with Gasteiger partial charge in [0.05, 0.1) is 12.1 Å². The Bertz CT molecular complexity index is 552. The predicted octanol–water partition coefficient (Wildman–Crippen LogP) is 0.840. The fourth-order valence-electron chi connectivity index (χ4n) is 1.35. The molecule has 0 fully saturated rings. The smallest absolute Gasteiger partial charge is 0.325 e. The lowest BCUT2D eigenvalue weighted by atomic mass is 10.4. The Balaban J connectivity index is 2.52. The van der Waals surface area contributed by atoms with E-state index in [1.54, 1.807) is 6.07 Å². The number of nitrogens with zero attached hydrogens (tertiary/aromatic N) is 3. The average molecular weight is 241 g/mol. The molecule has 2 aromatic rings. The van der Waals surface area contributed by atoms with Crippen LogP contribution in [0.3, 0.4) is 0 Å². The first-order chi connectivity index (χ1) is 7.61. The van der Waals surface area contributed by atoms with Crippen molar-refractivity contribution in [1.29, 1.82) is 0 Å². The van der Waals surface area contributed by atoms with Crippen molar-refractivity contribution < 1.29 is 9.53 Å². The molecule has 6 nitrogen and oxygen atoms in total. The number of nitrogens with two attached hydrogens (primary N) is 1. The summed E-state index contributed by atoms with van der Waals surface area (Å²) in [7, 11) is 1.31. The summed E-state index contributed by atoms with van der Waals surface area (Å²) >= 11 is 5.77. The lowest BCUT2D eigenvalue weighted by Gasteiger charge is -2.03. The maximum Gasteiger partial charge on any atom is 0.325 e. The molecule has 0 aromatic carbocycles. The minimum absolute atomic E-state index is 0.0204. The van der Waals surface area contributed by atoms with Gasteiger partial charge in [0.2, 0.25) is 5.95 Å². The Labute approximate surface area is 96.0 Å². The van der Waals surface area contributed by atoms with Crippen LogP contribution in [0.1, 0.15) is 0 Å². The van der Waals surface area contributed by atoms with Gasteiger partial charge in [-0.2, -0.15) is 0 Å². The molecule has 0 aliphatic rings. The zero-order chi connectivity index (χ0) is 11.7. The largest absolute Gasteiger partial charge is 0.468 e. The first-order valence-electron chi connectivity index (χ1n) is 4.46. The van der Waals surface area contributed by atoms with Gasteiger partial charge in [-0.05, 0) is 6.07 Å². The highest BCUT2D eigenvalue weighted by atomic mass is 35.5. The quantitative estimate of drug-likeness (QED) is 0.787. The second-order valence-electron chi connectivity index (χ2n) is 3.13. The van der Waals surface area contributed by atoms with E-state index in [9.17, 15) is 4.79 Å². The molecule has 0 radical (unpaired) electrons. The number of hydrogen-bond acceptors (Lipinski definition) is 5. The molecule has 0 aliphatic carbocycles. The van der Waals surface area contributed by atoms with Gasteiger partial charge < -0.3 is 10.5 Å². The zero-order valence-corrected chi connectivity index (χ0v) is 9.23. The number of halogens is 1. The highest BCUT2D eigenvalue weighted by Crippen LogP contribution is 2.18. The molecule has 0 saturated carbocycles. The van der Waals surface area contributed by atoms with Crippen molar-refractivity contribution in [3.8, 4) is 0 Å². The number of anilines is 1. The number of fused-ring (bicyclic) bond motifs is 1. The molecule has 0 unspecified atom stereocenters. The van der Waals surface area contributed by atoms with Crippen molar-refractivity contribution >= 4 is 34.7 Å². The standard InChI is InChI=1S/C9H9ClN4O2/c1-16-7(15)4-14-8-6(13-9(14)11)2-5(10)3-12-8/h2-3H,4H2,1H3,(H2,11,13). The monoisotopic (exact) mass is 240 g/mol. The van der Waals surface area contributed by atoms with Crippen molar-refractivity contribution in [2.75, 3.05) is 12.8 Å². The molecule has 0 aliphatic heterocycles. The number of esters is 1. The molecule has 84 valence electrons. The van der Waals surface area contributed by atoms with Crippen molar-refractivity contribution in [2.24, 2.45) is 0 Å². The van der Waals surface area contributed by atoms with E-state index >= 15 is 0 Å². The van der Waals surface area contributed by atoms with Gasteiger partial charge in [0.15, 0.2) is 5.65 Å². The summed E-state index contributed by atoms with van der Waals surface area (Å²) in [5, 5.41) is 0.468. The first-order valence-corrected chi connectivity index (χ1v) is 4.83. The lowest BCUT2D eigenvalue weighted by molar-refractivity contribution is -0.141. The van der Waals surface area contributed by atoms with Crippen LogP contribution in [0.2, 0.25) is 5.02 Å². The van der Waals surface area contributed by atoms with Crippen molar-refractivity contribution in [3.63, 3.8) is 0 Å². The van der Waals surface area contributed by atoms with Gasteiger partial charge >= 0.3 is 5.97 Å². The van der Waals surface area contributed by atoms with Crippen LogP contribution in [0.25, 0.3) is 11.2 Å². The van der Waals surface area contributed by atoms with E-state index < -0.39 is 5.97 Å². The summed E-state index contributed by atoms with van der Waals surface area (Å²) in [6, 6.07) is 1.63.